The Morgan fingerprint density at radius 2 is 1.21 bits per heavy atom. The second-order valence-electron chi connectivity index (χ2n) is 9.35. The van der Waals surface area contributed by atoms with Crippen LogP contribution in [0.1, 0.15) is 135 Å². The molecule has 0 aliphatic carbocycles. The summed E-state index contributed by atoms with van der Waals surface area (Å²) in [5, 5.41) is 8.99. The number of allylic oxidation sites excluding steroid dienone is 2. The number of ether oxygens (including phenoxy) is 1. The predicted molar refractivity (Wildman–Crippen MR) is 139 cm³/mol. The molecule has 0 aromatic carbocycles. The fourth-order valence-corrected chi connectivity index (χ4v) is 4.12. The Labute approximate surface area is 204 Å². The Hall–Kier alpha value is -1.58. The molecular weight excluding hydrogens is 412 g/mol. The van der Waals surface area contributed by atoms with Crippen LogP contribution in [0.2, 0.25) is 0 Å². The van der Waals surface area contributed by atoms with E-state index in [4.69, 9.17) is 9.84 Å². The van der Waals surface area contributed by atoms with E-state index in [1.807, 2.05) is 0 Å². The molecule has 0 amide bonds. The number of rotatable bonds is 25. The minimum atomic E-state index is -0.944. The maximum absolute atomic E-state index is 11.9. The van der Waals surface area contributed by atoms with Crippen LogP contribution in [-0.4, -0.2) is 23.7 Å². The summed E-state index contributed by atoms with van der Waals surface area (Å²) >= 11 is 0. The van der Waals surface area contributed by atoms with Gasteiger partial charge in [0.15, 0.2) is 0 Å². The first-order valence-corrected chi connectivity index (χ1v) is 13.8. The molecule has 1 unspecified atom stereocenters. The molecule has 0 saturated heterocycles. The average Bonchev–Trinajstić information content (AvgIpc) is 2.80. The Morgan fingerprint density at radius 1 is 0.758 bits per heavy atom. The van der Waals surface area contributed by atoms with Crippen LogP contribution in [0.3, 0.4) is 0 Å². The Morgan fingerprint density at radius 3 is 1.67 bits per heavy atom. The van der Waals surface area contributed by atoms with Crippen molar-refractivity contribution >= 4 is 11.9 Å². The molecule has 0 rings (SSSR count). The highest BCUT2D eigenvalue weighted by Gasteiger charge is 2.22. The topological polar surface area (TPSA) is 63.6 Å². The fraction of sp³-hybridized carbons (Fsp3) is 0.793. The minimum absolute atomic E-state index is 0.144. The first-order valence-electron chi connectivity index (χ1n) is 13.8. The zero-order valence-electron chi connectivity index (χ0n) is 21.5. The highest BCUT2D eigenvalue weighted by molar-refractivity contribution is 5.79. The summed E-state index contributed by atoms with van der Waals surface area (Å²) in [7, 11) is 0. The quantitative estimate of drug-likeness (QED) is 0.0832. The molecule has 0 radical (unpaired) electrons. The monoisotopic (exact) mass is 464 g/mol. The van der Waals surface area contributed by atoms with Crippen molar-refractivity contribution in [3.63, 3.8) is 0 Å². The number of carbonyl (C=O) groups excluding carboxylic acids is 1. The van der Waals surface area contributed by atoms with Gasteiger partial charge >= 0.3 is 11.9 Å². The molecule has 0 saturated carbocycles. The molecule has 0 heterocycles. The van der Waals surface area contributed by atoms with Gasteiger partial charge in [-0.15, -0.1) is 0 Å². The van der Waals surface area contributed by atoms with E-state index in [0.717, 1.165) is 19.3 Å². The first-order chi connectivity index (χ1) is 16.1. The highest BCUT2D eigenvalue weighted by Crippen LogP contribution is 2.18. The van der Waals surface area contributed by atoms with E-state index in [0.29, 0.717) is 6.42 Å². The standard InChI is InChI=1S/C29H52O4/c1-3-5-6-7-8-9-10-11-12-13-14-15-16-17-18-19-20-21-22-23-24-27(26-28(30)31)29(32)33-25-4-2/h4,10-11,27H,2-3,5-9,12-26H2,1H3,(H,30,31)/b11-10+. The van der Waals surface area contributed by atoms with Gasteiger partial charge in [-0.3, -0.25) is 9.59 Å². The maximum atomic E-state index is 11.9. The van der Waals surface area contributed by atoms with Crippen molar-refractivity contribution in [2.75, 3.05) is 6.61 Å². The lowest BCUT2D eigenvalue weighted by atomic mass is 9.97. The lowest BCUT2D eigenvalue weighted by Crippen LogP contribution is -2.21. The summed E-state index contributed by atoms with van der Waals surface area (Å²) in [5.41, 5.74) is 0. The molecule has 192 valence electrons. The van der Waals surface area contributed by atoms with Crippen molar-refractivity contribution in [3.8, 4) is 0 Å². The van der Waals surface area contributed by atoms with E-state index in [2.05, 4.69) is 25.7 Å². The van der Waals surface area contributed by atoms with Gasteiger partial charge in [-0.25, -0.2) is 0 Å². The van der Waals surface area contributed by atoms with Crippen LogP contribution in [-0.2, 0) is 14.3 Å². The molecule has 0 aliphatic heterocycles. The van der Waals surface area contributed by atoms with Gasteiger partial charge in [0.25, 0.3) is 0 Å². The summed E-state index contributed by atoms with van der Waals surface area (Å²) in [4.78, 5) is 22.9. The second kappa shape index (κ2) is 25.1. The van der Waals surface area contributed by atoms with E-state index in [-0.39, 0.29) is 13.0 Å². The third-order valence-electron chi connectivity index (χ3n) is 6.16. The number of carboxylic acid groups (broad SMARTS) is 1. The molecule has 0 bridgehead atoms. The van der Waals surface area contributed by atoms with Crippen LogP contribution >= 0.6 is 0 Å². The minimum Gasteiger partial charge on any atom is -0.481 e. The van der Waals surface area contributed by atoms with Crippen molar-refractivity contribution in [2.45, 2.75) is 135 Å². The maximum Gasteiger partial charge on any atom is 0.309 e. The second-order valence-corrected chi connectivity index (χ2v) is 9.35. The summed E-state index contributed by atoms with van der Waals surface area (Å²) < 4.78 is 5.02. The number of esters is 1. The van der Waals surface area contributed by atoms with Gasteiger partial charge in [0.2, 0.25) is 0 Å². The number of hydrogen-bond donors (Lipinski definition) is 1. The molecule has 0 fully saturated rings. The summed E-state index contributed by atoms with van der Waals surface area (Å²) in [5.74, 6) is -1.89. The van der Waals surface area contributed by atoms with Crippen molar-refractivity contribution in [2.24, 2.45) is 5.92 Å². The van der Waals surface area contributed by atoms with E-state index in [1.165, 1.54) is 102 Å². The smallest absolute Gasteiger partial charge is 0.309 e. The van der Waals surface area contributed by atoms with Gasteiger partial charge in [-0.05, 0) is 32.1 Å². The van der Waals surface area contributed by atoms with Crippen LogP contribution in [0.15, 0.2) is 24.8 Å². The fourth-order valence-electron chi connectivity index (χ4n) is 4.12. The molecule has 1 atom stereocenters. The van der Waals surface area contributed by atoms with E-state index in [9.17, 15) is 9.59 Å². The van der Waals surface area contributed by atoms with Crippen molar-refractivity contribution in [1.29, 1.82) is 0 Å². The highest BCUT2D eigenvalue weighted by atomic mass is 16.5. The zero-order valence-corrected chi connectivity index (χ0v) is 21.5. The van der Waals surface area contributed by atoms with Gasteiger partial charge in [-0.1, -0.05) is 122 Å². The molecule has 1 N–H and O–H groups in total. The van der Waals surface area contributed by atoms with Crippen LogP contribution in [0.4, 0.5) is 0 Å². The Balaban J connectivity index is 3.45. The molecule has 0 spiro atoms. The lowest BCUT2D eigenvalue weighted by molar-refractivity contribution is -0.152. The van der Waals surface area contributed by atoms with Crippen LogP contribution < -0.4 is 0 Å². The average molecular weight is 465 g/mol. The number of carboxylic acids is 1. The number of carbonyl (C=O) groups is 2. The number of aliphatic carboxylic acids is 1. The third kappa shape index (κ3) is 23.4. The van der Waals surface area contributed by atoms with Gasteiger partial charge in [0.1, 0.15) is 6.61 Å². The predicted octanol–water partition coefficient (Wildman–Crippen LogP) is 8.79. The van der Waals surface area contributed by atoms with Crippen LogP contribution in [0, 0.1) is 5.92 Å². The SMILES string of the molecule is C=CCOC(=O)C(CCCCCCCCCCCCC/C=C/CCCCCCC)CC(=O)O. The van der Waals surface area contributed by atoms with E-state index < -0.39 is 17.9 Å². The van der Waals surface area contributed by atoms with E-state index in [1.54, 1.807) is 0 Å². The molecule has 0 aliphatic rings. The van der Waals surface area contributed by atoms with Crippen LogP contribution in [0.5, 0.6) is 0 Å². The van der Waals surface area contributed by atoms with Gasteiger partial charge < -0.3 is 9.84 Å². The lowest BCUT2D eigenvalue weighted by Gasteiger charge is -2.13. The van der Waals surface area contributed by atoms with Gasteiger partial charge in [0, 0.05) is 0 Å². The van der Waals surface area contributed by atoms with Crippen molar-refractivity contribution in [1.82, 2.24) is 0 Å². The normalized spacial score (nSPS) is 12.2. The summed E-state index contributed by atoms with van der Waals surface area (Å²) in [6.45, 7) is 5.92. The third-order valence-corrected chi connectivity index (χ3v) is 6.16. The number of unbranched alkanes of at least 4 members (excludes halogenated alkanes) is 16. The molecule has 0 aromatic rings. The molecule has 33 heavy (non-hydrogen) atoms. The van der Waals surface area contributed by atoms with Gasteiger partial charge in [0.05, 0.1) is 12.3 Å². The zero-order chi connectivity index (χ0) is 24.4. The number of hydrogen-bond acceptors (Lipinski definition) is 3. The molecular formula is C29H52O4. The molecule has 0 aromatic heterocycles. The largest absolute Gasteiger partial charge is 0.481 e. The summed E-state index contributed by atoms with van der Waals surface area (Å²) in [6, 6.07) is 0. The Bertz CT molecular complexity index is 498. The van der Waals surface area contributed by atoms with Gasteiger partial charge in [-0.2, -0.15) is 0 Å². The van der Waals surface area contributed by atoms with Crippen LogP contribution in [0.25, 0.3) is 0 Å². The van der Waals surface area contributed by atoms with Crippen molar-refractivity contribution < 1.29 is 19.4 Å². The van der Waals surface area contributed by atoms with E-state index >= 15 is 0 Å². The molecule has 4 heteroatoms. The Kier molecular flexibility index (Phi) is 23.9. The summed E-state index contributed by atoms with van der Waals surface area (Å²) in [6.07, 6.45) is 29.7. The first kappa shape index (κ1) is 31.4. The van der Waals surface area contributed by atoms with Crippen molar-refractivity contribution in [3.05, 3.63) is 24.8 Å². The molecule has 4 nitrogen and oxygen atoms in total.